The molecule has 2 aliphatic rings. The van der Waals surface area contributed by atoms with Gasteiger partial charge in [-0.25, -0.2) is 0 Å². The summed E-state index contributed by atoms with van der Waals surface area (Å²) in [5, 5.41) is 3.82. The Morgan fingerprint density at radius 3 is 1.69 bits per heavy atom. The number of fused-ring (bicyclic) bond motifs is 7. The minimum atomic E-state index is 0.000369. The van der Waals surface area contributed by atoms with Crippen molar-refractivity contribution in [2.24, 2.45) is 0 Å². The Hall–Kier alpha value is -5.52. The van der Waals surface area contributed by atoms with E-state index in [4.69, 9.17) is 4.42 Å². The second-order valence-electron chi connectivity index (χ2n) is 22.3. The van der Waals surface area contributed by atoms with E-state index in [2.05, 4.69) is 211 Å². The standard InChI is InChI=1S/C59H63BN2OS/c1-33(2)39-29-48-53-49(30-39)62(55-36(5)26-42(27-37(55)6)59(13,14)15)56-52(44-31-40(57(7,8)9)21-23-51(44)64-56)60(53)46-22-20-38(45-32-63-50-19-17-16-18-43(45)50)28-47(46)61(48)54-34(3)24-41(25-35(54)4)58(10,11)12/h16-33H,1-15H3. The van der Waals surface area contributed by atoms with Crippen molar-refractivity contribution in [3.05, 3.63) is 148 Å². The van der Waals surface area contributed by atoms with Gasteiger partial charge in [0.2, 0.25) is 0 Å². The molecule has 5 heteroatoms. The first-order chi connectivity index (χ1) is 30.1. The van der Waals surface area contributed by atoms with E-state index in [1.165, 1.54) is 104 Å². The number of furan rings is 1. The molecule has 0 amide bonds. The zero-order valence-corrected chi connectivity index (χ0v) is 41.5. The highest BCUT2D eigenvalue weighted by molar-refractivity contribution is 7.26. The van der Waals surface area contributed by atoms with Crippen LogP contribution in [0.15, 0.2) is 108 Å². The van der Waals surface area contributed by atoms with Crippen molar-refractivity contribution >= 4 is 88.9 Å². The molecular formula is C59H63BN2OS. The highest BCUT2D eigenvalue weighted by Gasteiger charge is 2.47. The first-order valence-corrected chi connectivity index (χ1v) is 24.1. The molecule has 2 aromatic heterocycles. The van der Waals surface area contributed by atoms with Gasteiger partial charge in [0.05, 0.1) is 22.6 Å². The van der Waals surface area contributed by atoms with Crippen LogP contribution in [0.4, 0.5) is 33.4 Å². The Kier molecular flexibility index (Phi) is 9.61. The number of aryl methyl sites for hydroxylation is 4. The lowest BCUT2D eigenvalue weighted by atomic mass is 9.33. The summed E-state index contributed by atoms with van der Waals surface area (Å²) in [4.78, 5) is 5.34. The van der Waals surface area contributed by atoms with Crippen LogP contribution >= 0.6 is 11.3 Å². The molecule has 0 atom stereocenters. The molecule has 324 valence electrons. The molecule has 0 aliphatic carbocycles. The first kappa shape index (κ1) is 42.4. The van der Waals surface area contributed by atoms with Crippen molar-refractivity contribution in [2.75, 3.05) is 9.80 Å². The number of anilines is 6. The Morgan fingerprint density at radius 2 is 1.11 bits per heavy atom. The molecule has 0 spiro atoms. The largest absolute Gasteiger partial charge is 0.464 e. The Morgan fingerprint density at radius 1 is 0.547 bits per heavy atom. The molecule has 0 unspecified atom stereocenters. The fourth-order valence-electron chi connectivity index (χ4n) is 10.6. The molecule has 6 aromatic carbocycles. The van der Waals surface area contributed by atoms with E-state index >= 15 is 0 Å². The highest BCUT2D eigenvalue weighted by Crippen LogP contribution is 2.52. The molecule has 0 saturated carbocycles. The first-order valence-electron chi connectivity index (χ1n) is 23.3. The van der Waals surface area contributed by atoms with Gasteiger partial charge in [-0.1, -0.05) is 143 Å². The number of nitrogens with zero attached hydrogens (tertiary/aromatic N) is 2. The number of para-hydroxylation sites is 1. The van der Waals surface area contributed by atoms with Gasteiger partial charge >= 0.3 is 0 Å². The third-order valence-corrected chi connectivity index (χ3v) is 15.4. The molecule has 10 rings (SSSR count). The Balaban J connectivity index is 1.36. The van der Waals surface area contributed by atoms with E-state index in [9.17, 15) is 0 Å². The van der Waals surface area contributed by atoms with Gasteiger partial charge in [-0.2, -0.15) is 0 Å². The topological polar surface area (TPSA) is 19.6 Å². The van der Waals surface area contributed by atoms with Gasteiger partial charge in [0.25, 0.3) is 6.71 Å². The molecule has 64 heavy (non-hydrogen) atoms. The molecule has 0 saturated heterocycles. The maximum Gasteiger partial charge on any atom is 0.254 e. The smallest absolute Gasteiger partial charge is 0.254 e. The normalized spacial score (nSPS) is 13.9. The molecule has 0 radical (unpaired) electrons. The van der Waals surface area contributed by atoms with Crippen molar-refractivity contribution in [2.45, 2.75) is 126 Å². The van der Waals surface area contributed by atoms with E-state index < -0.39 is 0 Å². The van der Waals surface area contributed by atoms with Crippen LogP contribution in [0.5, 0.6) is 0 Å². The van der Waals surface area contributed by atoms with Gasteiger partial charge in [0.15, 0.2) is 0 Å². The highest BCUT2D eigenvalue weighted by atomic mass is 32.1. The fourth-order valence-corrected chi connectivity index (χ4v) is 11.9. The fraction of sp³-hybridized carbons (Fsp3) is 0.322. The van der Waals surface area contributed by atoms with E-state index in [0.29, 0.717) is 5.92 Å². The molecular weight excluding hydrogens is 796 g/mol. The molecule has 3 nitrogen and oxygen atoms in total. The van der Waals surface area contributed by atoms with Crippen molar-refractivity contribution in [1.29, 1.82) is 0 Å². The van der Waals surface area contributed by atoms with Gasteiger partial charge in [0, 0.05) is 32.7 Å². The maximum atomic E-state index is 6.21. The van der Waals surface area contributed by atoms with Crippen LogP contribution in [0.3, 0.4) is 0 Å². The Bertz CT molecular complexity index is 3170. The number of thiophene rings is 1. The van der Waals surface area contributed by atoms with Crippen LogP contribution in [0.2, 0.25) is 0 Å². The van der Waals surface area contributed by atoms with Gasteiger partial charge in [-0.05, 0) is 152 Å². The Labute approximate surface area is 386 Å². The summed E-state index contributed by atoms with van der Waals surface area (Å²) in [7, 11) is 0. The van der Waals surface area contributed by atoms with Crippen LogP contribution < -0.4 is 26.2 Å². The number of benzene rings is 6. The van der Waals surface area contributed by atoms with Crippen molar-refractivity contribution in [3.8, 4) is 11.1 Å². The van der Waals surface area contributed by atoms with E-state index in [0.717, 1.165) is 22.1 Å². The average Bonchev–Trinajstić information content (AvgIpc) is 3.82. The molecule has 4 heterocycles. The van der Waals surface area contributed by atoms with Gasteiger partial charge in [-0.3, -0.25) is 0 Å². The van der Waals surface area contributed by atoms with Gasteiger partial charge in [0.1, 0.15) is 5.58 Å². The second kappa shape index (κ2) is 14.5. The van der Waals surface area contributed by atoms with E-state index in [1.54, 1.807) is 0 Å². The van der Waals surface area contributed by atoms with Crippen molar-refractivity contribution in [1.82, 2.24) is 0 Å². The van der Waals surface area contributed by atoms with Crippen molar-refractivity contribution < 1.29 is 4.42 Å². The lowest BCUT2D eigenvalue weighted by molar-refractivity contribution is 0.589. The zero-order valence-electron chi connectivity index (χ0n) is 40.7. The molecule has 0 bridgehead atoms. The van der Waals surface area contributed by atoms with Crippen molar-refractivity contribution in [3.63, 3.8) is 0 Å². The third kappa shape index (κ3) is 6.59. The lowest BCUT2D eigenvalue weighted by Gasteiger charge is -2.45. The predicted octanol–water partition coefficient (Wildman–Crippen LogP) is 15.6. The van der Waals surface area contributed by atoms with Crippen LogP contribution in [-0.4, -0.2) is 6.71 Å². The third-order valence-electron chi connectivity index (χ3n) is 14.2. The SMILES string of the molecule is Cc1cc(C(C)(C)C)cc(C)c1N1c2cc(-c3coc4ccccc34)ccc2B2c3c1cc(C(C)C)cc3N(c1c(C)cc(C(C)(C)C)cc1C)c1sc3ccc(C(C)(C)C)cc3c12. The van der Waals surface area contributed by atoms with E-state index in [1.807, 2.05) is 17.6 Å². The summed E-state index contributed by atoms with van der Waals surface area (Å²) < 4.78 is 7.54. The van der Waals surface area contributed by atoms with Crippen LogP contribution in [-0.2, 0) is 16.2 Å². The lowest BCUT2D eigenvalue weighted by Crippen LogP contribution is -2.61. The number of hydrogen-bond donors (Lipinski definition) is 0. The molecule has 2 aliphatic heterocycles. The number of rotatable bonds is 4. The summed E-state index contributed by atoms with van der Waals surface area (Å²) in [6.07, 6.45) is 1.95. The number of hydrogen-bond acceptors (Lipinski definition) is 4. The minimum absolute atomic E-state index is 0.000369. The average molecular weight is 859 g/mol. The van der Waals surface area contributed by atoms with E-state index in [-0.39, 0.29) is 23.0 Å². The van der Waals surface area contributed by atoms with Gasteiger partial charge < -0.3 is 14.2 Å². The summed E-state index contributed by atoms with van der Waals surface area (Å²) in [5.74, 6) is 0.308. The summed E-state index contributed by atoms with van der Waals surface area (Å²) in [6.45, 7) is 35.0. The molecule has 8 aromatic rings. The quantitative estimate of drug-likeness (QED) is 0.164. The summed E-state index contributed by atoms with van der Waals surface area (Å²) in [5.41, 5.74) is 24.3. The van der Waals surface area contributed by atoms with Crippen LogP contribution in [0.1, 0.15) is 127 Å². The summed E-state index contributed by atoms with van der Waals surface area (Å²) >= 11 is 1.96. The zero-order chi connectivity index (χ0) is 45.5. The van der Waals surface area contributed by atoms with Crippen LogP contribution in [0.25, 0.3) is 32.2 Å². The molecule has 0 fully saturated rings. The second-order valence-corrected chi connectivity index (χ2v) is 23.4. The predicted molar refractivity (Wildman–Crippen MR) is 280 cm³/mol. The van der Waals surface area contributed by atoms with Crippen LogP contribution in [0, 0.1) is 27.7 Å². The molecule has 0 N–H and O–H groups in total. The monoisotopic (exact) mass is 858 g/mol. The van der Waals surface area contributed by atoms with Gasteiger partial charge in [-0.15, -0.1) is 11.3 Å². The minimum Gasteiger partial charge on any atom is -0.464 e. The maximum absolute atomic E-state index is 6.21. The summed E-state index contributed by atoms with van der Waals surface area (Å²) in [6, 6.07) is 37.8.